The number of amides is 2. The van der Waals surface area contributed by atoms with Gasteiger partial charge in [-0.15, -0.1) is 0 Å². The molecule has 2 N–H and O–H groups in total. The summed E-state index contributed by atoms with van der Waals surface area (Å²) in [6.07, 6.45) is 0. The molecule has 0 spiro atoms. The molecular formula is C16H25N3O2. The molecule has 5 heteroatoms. The Morgan fingerprint density at radius 1 is 1.19 bits per heavy atom. The number of urea groups is 1. The van der Waals surface area contributed by atoms with Gasteiger partial charge >= 0.3 is 6.03 Å². The minimum absolute atomic E-state index is 0.0539. The van der Waals surface area contributed by atoms with Gasteiger partial charge in [-0.3, -0.25) is 4.90 Å². The van der Waals surface area contributed by atoms with Gasteiger partial charge in [0.1, 0.15) is 0 Å². The second-order valence-corrected chi connectivity index (χ2v) is 6.37. The fraction of sp³-hybridized carbons (Fsp3) is 0.562. The SMILES string of the molecule is Cc1ccc(NC(=O)N2CCN(CC(C)(C)O)CC2)cc1. The van der Waals surface area contributed by atoms with Crippen molar-refractivity contribution in [1.29, 1.82) is 0 Å². The number of hydrogen-bond donors (Lipinski definition) is 2. The Kier molecular flexibility index (Phi) is 4.85. The molecule has 2 rings (SSSR count). The maximum Gasteiger partial charge on any atom is 0.321 e. The largest absolute Gasteiger partial charge is 0.389 e. The molecule has 0 radical (unpaired) electrons. The van der Waals surface area contributed by atoms with Crippen molar-refractivity contribution < 1.29 is 9.90 Å². The van der Waals surface area contributed by atoms with Crippen molar-refractivity contribution in [3.8, 4) is 0 Å². The lowest BCUT2D eigenvalue weighted by molar-refractivity contribution is 0.0231. The zero-order valence-corrected chi connectivity index (χ0v) is 13.1. The average molecular weight is 291 g/mol. The number of nitrogens with one attached hydrogen (secondary N) is 1. The molecule has 21 heavy (non-hydrogen) atoms. The third-order valence-electron chi connectivity index (χ3n) is 3.57. The second-order valence-electron chi connectivity index (χ2n) is 6.37. The van der Waals surface area contributed by atoms with Gasteiger partial charge in [-0.1, -0.05) is 17.7 Å². The lowest BCUT2D eigenvalue weighted by Crippen LogP contribution is -2.52. The summed E-state index contributed by atoms with van der Waals surface area (Å²) in [6.45, 7) is 9.25. The van der Waals surface area contributed by atoms with Crippen LogP contribution < -0.4 is 5.32 Å². The first kappa shape index (κ1) is 15.8. The third kappa shape index (κ3) is 5.02. The van der Waals surface area contributed by atoms with Crippen molar-refractivity contribution in [3.63, 3.8) is 0 Å². The molecule has 1 aromatic rings. The van der Waals surface area contributed by atoms with E-state index in [0.29, 0.717) is 19.6 Å². The molecule has 0 saturated carbocycles. The molecule has 1 aliphatic rings. The van der Waals surface area contributed by atoms with Crippen LogP contribution in [0.5, 0.6) is 0 Å². The quantitative estimate of drug-likeness (QED) is 0.894. The summed E-state index contributed by atoms with van der Waals surface area (Å²) >= 11 is 0. The Morgan fingerprint density at radius 3 is 2.29 bits per heavy atom. The lowest BCUT2D eigenvalue weighted by atomic mass is 10.1. The molecule has 0 bridgehead atoms. The number of rotatable bonds is 3. The minimum Gasteiger partial charge on any atom is -0.389 e. The van der Waals surface area contributed by atoms with Crippen LogP contribution in [0.1, 0.15) is 19.4 Å². The second kappa shape index (κ2) is 6.45. The molecule has 116 valence electrons. The zero-order valence-electron chi connectivity index (χ0n) is 13.1. The van der Waals surface area contributed by atoms with E-state index in [4.69, 9.17) is 0 Å². The van der Waals surface area contributed by atoms with Crippen LogP contribution in [0.2, 0.25) is 0 Å². The molecule has 1 aromatic carbocycles. The fourth-order valence-corrected chi connectivity index (χ4v) is 2.50. The van der Waals surface area contributed by atoms with E-state index >= 15 is 0 Å². The van der Waals surface area contributed by atoms with Gasteiger partial charge in [-0.2, -0.15) is 0 Å². The van der Waals surface area contributed by atoms with Gasteiger partial charge in [-0.25, -0.2) is 4.79 Å². The van der Waals surface area contributed by atoms with Gasteiger partial charge < -0.3 is 15.3 Å². The number of aryl methyl sites for hydroxylation is 1. The van der Waals surface area contributed by atoms with Crippen LogP contribution in [0.3, 0.4) is 0 Å². The molecule has 2 amide bonds. The highest BCUT2D eigenvalue weighted by atomic mass is 16.3. The number of aliphatic hydroxyl groups is 1. The van der Waals surface area contributed by atoms with Gasteiger partial charge in [0, 0.05) is 38.4 Å². The molecule has 1 aliphatic heterocycles. The van der Waals surface area contributed by atoms with E-state index in [1.54, 1.807) is 0 Å². The standard InChI is InChI=1S/C16H25N3O2/c1-13-4-6-14(7-5-13)17-15(20)19-10-8-18(9-11-19)12-16(2,3)21/h4-7,21H,8-12H2,1-3H3,(H,17,20). The predicted octanol–water partition coefficient (Wildman–Crippen LogP) is 1.92. The van der Waals surface area contributed by atoms with E-state index in [0.717, 1.165) is 18.8 Å². The van der Waals surface area contributed by atoms with Crippen molar-refractivity contribution in [3.05, 3.63) is 29.8 Å². The molecule has 1 fully saturated rings. The van der Waals surface area contributed by atoms with Crippen LogP contribution >= 0.6 is 0 Å². The Bertz CT molecular complexity index is 471. The Balaban J connectivity index is 1.81. The Hall–Kier alpha value is -1.59. The van der Waals surface area contributed by atoms with E-state index in [-0.39, 0.29) is 6.03 Å². The summed E-state index contributed by atoms with van der Waals surface area (Å²) in [7, 11) is 0. The number of hydrogen-bond acceptors (Lipinski definition) is 3. The van der Waals surface area contributed by atoms with Crippen LogP contribution in [-0.2, 0) is 0 Å². The monoisotopic (exact) mass is 291 g/mol. The van der Waals surface area contributed by atoms with Crippen LogP contribution in [0.4, 0.5) is 10.5 Å². The number of nitrogens with zero attached hydrogens (tertiary/aromatic N) is 2. The van der Waals surface area contributed by atoms with Gasteiger partial charge in [0.2, 0.25) is 0 Å². The molecular weight excluding hydrogens is 266 g/mol. The first-order valence-corrected chi connectivity index (χ1v) is 7.41. The molecule has 0 unspecified atom stereocenters. The summed E-state index contributed by atoms with van der Waals surface area (Å²) in [6, 6.07) is 7.74. The first-order chi connectivity index (χ1) is 9.83. The van der Waals surface area contributed by atoms with Crippen LogP contribution in [0.25, 0.3) is 0 Å². The molecule has 0 aliphatic carbocycles. The topological polar surface area (TPSA) is 55.8 Å². The van der Waals surface area contributed by atoms with Crippen molar-refractivity contribution in [2.45, 2.75) is 26.4 Å². The summed E-state index contributed by atoms with van der Waals surface area (Å²) in [5.41, 5.74) is 1.31. The van der Waals surface area contributed by atoms with Crippen molar-refractivity contribution in [1.82, 2.24) is 9.80 Å². The number of carbonyl (C=O) groups excluding carboxylic acids is 1. The molecule has 0 aromatic heterocycles. The molecule has 1 heterocycles. The average Bonchev–Trinajstić information content (AvgIpc) is 2.40. The Labute approximate surface area is 126 Å². The van der Waals surface area contributed by atoms with Gasteiger partial charge in [0.05, 0.1) is 5.60 Å². The van der Waals surface area contributed by atoms with Gasteiger partial charge in [-0.05, 0) is 32.9 Å². The number of carbonyl (C=O) groups is 1. The third-order valence-corrected chi connectivity index (χ3v) is 3.57. The summed E-state index contributed by atoms with van der Waals surface area (Å²) < 4.78 is 0. The van der Waals surface area contributed by atoms with Crippen LogP contribution in [0.15, 0.2) is 24.3 Å². The van der Waals surface area contributed by atoms with E-state index in [9.17, 15) is 9.90 Å². The molecule has 5 nitrogen and oxygen atoms in total. The fourth-order valence-electron chi connectivity index (χ4n) is 2.50. The normalized spacial score (nSPS) is 16.9. The summed E-state index contributed by atoms with van der Waals surface area (Å²) in [4.78, 5) is 16.2. The maximum atomic E-state index is 12.2. The first-order valence-electron chi connectivity index (χ1n) is 7.41. The van der Waals surface area contributed by atoms with Crippen molar-refractivity contribution in [2.24, 2.45) is 0 Å². The highest BCUT2D eigenvalue weighted by molar-refractivity contribution is 5.89. The smallest absolute Gasteiger partial charge is 0.321 e. The minimum atomic E-state index is -0.688. The number of anilines is 1. The summed E-state index contributed by atoms with van der Waals surface area (Å²) in [5, 5.41) is 12.7. The number of β-amino-alcohol motifs (C(OH)–C–C–N with tert-alkyl or cyclic N) is 1. The van der Waals surface area contributed by atoms with Crippen molar-refractivity contribution in [2.75, 3.05) is 38.0 Å². The number of piperazine rings is 1. The number of benzene rings is 1. The molecule has 1 saturated heterocycles. The van der Waals surface area contributed by atoms with E-state index < -0.39 is 5.60 Å². The Morgan fingerprint density at radius 2 is 1.76 bits per heavy atom. The predicted molar refractivity (Wildman–Crippen MR) is 84.5 cm³/mol. The zero-order chi connectivity index (χ0) is 15.5. The van der Waals surface area contributed by atoms with E-state index in [2.05, 4.69) is 10.2 Å². The van der Waals surface area contributed by atoms with Gasteiger partial charge in [0.15, 0.2) is 0 Å². The van der Waals surface area contributed by atoms with Crippen LogP contribution in [0, 0.1) is 6.92 Å². The van der Waals surface area contributed by atoms with E-state index in [1.165, 1.54) is 5.56 Å². The van der Waals surface area contributed by atoms with Crippen molar-refractivity contribution >= 4 is 11.7 Å². The molecule has 0 atom stereocenters. The lowest BCUT2D eigenvalue weighted by Gasteiger charge is -2.37. The highest BCUT2D eigenvalue weighted by Gasteiger charge is 2.24. The van der Waals surface area contributed by atoms with Crippen LogP contribution in [-0.4, -0.2) is 59.3 Å². The summed E-state index contributed by atoms with van der Waals surface area (Å²) in [5.74, 6) is 0. The maximum absolute atomic E-state index is 12.2. The van der Waals surface area contributed by atoms with Gasteiger partial charge in [0.25, 0.3) is 0 Å². The highest BCUT2D eigenvalue weighted by Crippen LogP contribution is 2.12. The van der Waals surface area contributed by atoms with E-state index in [1.807, 2.05) is 49.9 Å².